The average molecular weight is 1370 g/mol. The Morgan fingerprint density at radius 1 is 0.309 bits per heavy atom. The van der Waals surface area contributed by atoms with E-state index in [2.05, 4.69) is 88.5 Å². The third-order valence-corrected chi connectivity index (χ3v) is 17.9. The van der Waals surface area contributed by atoms with E-state index < -0.39 is 97.5 Å². The topological polar surface area (TPSA) is 237 Å². The third-order valence-electron chi connectivity index (χ3n) is 16.0. The quantitative estimate of drug-likeness (QED) is 0.0169. The van der Waals surface area contributed by atoms with Crippen LogP contribution in [-0.4, -0.2) is 96.7 Å². The van der Waals surface area contributed by atoms with Crippen LogP contribution < -0.4 is 0 Å². The van der Waals surface area contributed by atoms with Gasteiger partial charge < -0.3 is 33.8 Å². The molecule has 0 spiro atoms. The van der Waals surface area contributed by atoms with Crippen molar-refractivity contribution in [2.24, 2.45) is 0 Å². The maximum Gasteiger partial charge on any atom is 0.472 e. The Kier molecular flexibility index (Phi) is 65.9. The first-order valence-corrected chi connectivity index (χ1v) is 40.5. The molecule has 0 aliphatic carbocycles. The summed E-state index contributed by atoms with van der Waals surface area (Å²) in [5.74, 6) is -2.18. The highest BCUT2D eigenvalue weighted by Gasteiger charge is 2.30. The number of hydrogen-bond acceptors (Lipinski definition) is 15. The van der Waals surface area contributed by atoms with Gasteiger partial charge in [0.1, 0.15) is 19.3 Å². The number of unbranched alkanes of at least 4 members (excludes halogenated alkanes) is 35. The van der Waals surface area contributed by atoms with E-state index in [1.807, 2.05) is 0 Å². The van der Waals surface area contributed by atoms with E-state index in [4.69, 9.17) is 37.0 Å². The van der Waals surface area contributed by atoms with Crippen LogP contribution >= 0.6 is 15.6 Å². The Morgan fingerprint density at radius 3 is 0.894 bits per heavy atom. The van der Waals surface area contributed by atoms with E-state index in [0.717, 1.165) is 167 Å². The fraction of sp³-hybridized carbons (Fsp3) is 0.813. The van der Waals surface area contributed by atoms with Gasteiger partial charge in [-0.3, -0.25) is 37.3 Å². The first-order chi connectivity index (χ1) is 45.7. The van der Waals surface area contributed by atoms with Gasteiger partial charge in [-0.05, 0) is 96.3 Å². The van der Waals surface area contributed by atoms with E-state index in [-0.39, 0.29) is 25.7 Å². The summed E-state index contributed by atoms with van der Waals surface area (Å²) >= 11 is 0. The van der Waals surface area contributed by atoms with Crippen molar-refractivity contribution in [2.45, 2.75) is 354 Å². The molecule has 3 N–H and O–H groups in total. The zero-order valence-electron chi connectivity index (χ0n) is 59.6. The van der Waals surface area contributed by atoms with Crippen molar-refractivity contribution in [3.63, 3.8) is 0 Å². The molecule has 0 fully saturated rings. The van der Waals surface area contributed by atoms with Crippen LogP contribution in [0.15, 0.2) is 60.8 Å². The van der Waals surface area contributed by atoms with Crippen LogP contribution in [0.5, 0.6) is 0 Å². The van der Waals surface area contributed by atoms with E-state index in [1.165, 1.54) is 89.9 Å². The molecule has 0 heterocycles. The molecule has 0 aliphatic rings. The summed E-state index contributed by atoms with van der Waals surface area (Å²) < 4.78 is 68.3. The van der Waals surface area contributed by atoms with Crippen molar-refractivity contribution >= 4 is 39.5 Å². The summed E-state index contributed by atoms with van der Waals surface area (Å²) in [6, 6.07) is 0. The van der Waals surface area contributed by atoms with E-state index in [1.54, 1.807) is 0 Å². The second kappa shape index (κ2) is 68.3. The SMILES string of the molecule is CC/C=C\C/C=C\C/C=C\CCCCCCCCCC(=O)OCC(COP(=O)(O)OCC(O)COP(=O)(O)OCC(COC(=O)CCCCCCC/C=C\CCCC)OC(=O)CCCCCCC/C=C\CCCC)OC(=O)CCCCCCCCCCCCCCCCC. The number of rotatable bonds is 71. The summed E-state index contributed by atoms with van der Waals surface area (Å²) in [5, 5.41) is 10.6. The molecule has 0 aromatic carbocycles. The van der Waals surface area contributed by atoms with Crippen LogP contribution in [0, 0.1) is 0 Å². The number of aliphatic hydroxyl groups is 1. The molecule has 548 valence electrons. The Morgan fingerprint density at radius 2 is 0.564 bits per heavy atom. The van der Waals surface area contributed by atoms with Gasteiger partial charge in [-0.2, -0.15) is 0 Å². The molecule has 0 saturated carbocycles. The van der Waals surface area contributed by atoms with Crippen LogP contribution in [0.1, 0.15) is 336 Å². The molecule has 94 heavy (non-hydrogen) atoms. The van der Waals surface area contributed by atoms with Crippen molar-refractivity contribution in [3.8, 4) is 0 Å². The molecule has 0 aromatic heterocycles. The Balaban J connectivity index is 5.29. The van der Waals surface area contributed by atoms with Crippen molar-refractivity contribution in [1.29, 1.82) is 0 Å². The van der Waals surface area contributed by atoms with Crippen LogP contribution in [0.3, 0.4) is 0 Å². The molecule has 5 atom stereocenters. The molecule has 0 aromatic rings. The van der Waals surface area contributed by atoms with E-state index >= 15 is 0 Å². The predicted octanol–water partition coefficient (Wildman–Crippen LogP) is 21.1. The van der Waals surface area contributed by atoms with E-state index in [9.17, 15) is 43.2 Å². The number of ether oxygens (including phenoxy) is 4. The first kappa shape index (κ1) is 90.8. The monoisotopic (exact) mass is 1370 g/mol. The van der Waals surface area contributed by atoms with Crippen LogP contribution in [0.4, 0.5) is 0 Å². The molecule has 0 saturated heterocycles. The van der Waals surface area contributed by atoms with Gasteiger partial charge in [0.2, 0.25) is 0 Å². The van der Waals surface area contributed by atoms with E-state index in [0.29, 0.717) is 25.7 Å². The third kappa shape index (κ3) is 67.3. The zero-order valence-corrected chi connectivity index (χ0v) is 61.4. The van der Waals surface area contributed by atoms with Crippen LogP contribution in [0.2, 0.25) is 0 Å². The lowest BCUT2D eigenvalue weighted by molar-refractivity contribution is -0.161. The molecule has 0 rings (SSSR count). The smallest absolute Gasteiger partial charge is 0.462 e. The highest BCUT2D eigenvalue weighted by atomic mass is 31.2. The Bertz CT molecular complexity index is 2030. The van der Waals surface area contributed by atoms with Gasteiger partial charge in [-0.15, -0.1) is 0 Å². The summed E-state index contributed by atoms with van der Waals surface area (Å²) in [5.41, 5.74) is 0. The molecule has 0 radical (unpaired) electrons. The second-order valence-corrected chi connectivity index (χ2v) is 28.1. The number of carbonyl (C=O) groups excluding carboxylic acids is 4. The predicted molar refractivity (Wildman–Crippen MR) is 381 cm³/mol. The van der Waals surface area contributed by atoms with Crippen LogP contribution in [0.25, 0.3) is 0 Å². The van der Waals surface area contributed by atoms with Gasteiger partial charge in [-0.25, -0.2) is 9.13 Å². The summed E-state index contributed by atoms with van der Waals surface area (Å²) in [6.07, 6.45) is 65.1. The first-order valence-electron chi connectivity index (χ1n) is 37.5. The van der Waals surface area contributed by atoms with Gasteiger partial charge in [0.05, 0.1) is 26.4 Å². The molecule has 0 aliphatic heterocycles. The van der Waals surface area contributed by atoms with Crippen molar-refractivity contribution in [3.05, 3.63) is 60.8 Å². The van der Waals surface area contributed by atoms with Gasteiger partial charge in [0, 0.05) is 25.7 Å². The summed E-state index contributed by atoms with van der Waals surface area (Å²) in [6.45, 7) is 4.70. The van der Waals surface area contributed by atoms with Crippen molar-refractivity contribution in [2.75, 3.05) is 39.6 Å². The molecule has 19 heteroatoms. The normalized spacial score (nSPS) is 14.3. The lowest BCUT2D eigenvalue weighted by Crippen LogP contribution is -2.30. The molecule has 5 unspecified atom stereocenters. The number of carbonyl (C=O) groups is 4. The summed E-state index contributed by atoms with van der Waals surface area (Å²) in [4.78, 5) is 72.7. The van der Waals surface area contributed by atoms with Crippen molar-refractivity contribution < 1.29 is 80.2 Å². The molecular weight excluding hydrogens is 1230 g/mol. The Labute approximate surface area is 571 Å². The molecule has 17 nitrogen and oxygen atoms in total. The maximum absolute atomic E-state index is 13.1. The number of phosphoric acid groups is 2. The number of phosphoric ester groups is 2. The number of hydrogen-bond donors (Lipinski definition) is 3. The van der Waals surface area contributed by atoms with Crippen molar-refractivity contribution in [1.82, 2.24) is 0 Å². The summed E-state index contributed by atoms with van der Waals surface area (Å²) in [7, 11) is -9.93. The van der Waals surface area contributed by atoms with Gasteiger partial charge in [-0.1, -0.05) is 275 Å². The number of esters is 4. The standard InChI is InChI=1S/C75H136O17P2/c1-5-9-13-17-21-25-29-31-33-34-36-37-41-44-48-52-56-60-73(78)86-66-71(92-75(80)62-58-54-50-46-42-38-35-32-30-26-22-18-14-10-6-2)68-90-94(83,84)88-64-69(76)63-87-93(81,82)89-67-70(91-74(79)61-57-53-49-45-40-28-24-20-16-12-8-4)65-85-72(77)59-55-51-47-43-39-27-23-19-15-11-7-3/h9,13,19-21,23-25,31,33,69-71,76H,5-8,10-12,14-18,22,26-30,32,34-68H2,1-4H3,(H,81,82)(H,83,84)/b13-9-,23-19-,24-20-,25-21-,33-31-. The highest BCUT2D eigenvalue weighted by Crippen LogP contribution is 2.45. The van der Waals surface area contributed by atoms with Gasteiger partial charge in [0.25, 0.3) is 0 Å². The number of allylic oxidation sites excluding steroid dienone is 10. The maximum atomic E-state index is 13.1. The van der Waals surface area contributed by atoms with Crippen LogP contribution in [-0.2, 0) is 65.4 Å². The second-order valence-electron chi connectivity index (χ2n) is 25.2. The highest BCUT2D eigenvalue weighted by molar-refractivity contribution is 7.47. The fourth-order valence-electron chi connectivity index (χ4n) is 10.2. The molecule has 0 bridgehead atoms. The van der Waals surface area contributed by atoms with Gasteiger partial charge in [0.15, 0.2) is 12.2 Å². The average Bonchev–Trinajstić information content (AvgIpc) is 1.29. The minimum atomic E-state index is -4.97. The lowest BCUT2D eigenvalue weighted by Gasteiger charge is -2.21. The minimum absolute atomic E-state index is 0.0867. The molecule has 0 amide bonds. The zero-order chi connectivity index (χ0) is 69.0. The minimum Gasteiger partial charge on any atom is -0.462 e. The Hall–Kier alpha value is -3.24. The van der Waals surface area contributed by atoms with Gasteiger partial charge >= 0.3 is 39.5 Å². The largest absolute Gasteiger partial charge is 0.472 e. The molecular formula is C75H136O17P2. The number of aliphatic hydroxyl groups excluding tert-OH is 1. The lowest BCUT2D eigenvalue weighted by atomic mass is 10.0. The fourth-order valence-corrected chi connectivity index (χ4v) is 11.8.